The highest BCUT2D eigenvalue weighted by Crippen LogP contribution is 2.19. The second kappa shape index (κ2) is 7.61. The second-order valence-electron chi connectivity index (χ2n) is 3.94. The first-order valence-corrected chi connectivity index (χ1v) is 5.94. The predicted molar refractivity (Wildman–Crippen MR) is 67.3 cm³/mol. The van der Waals surface area contributed by atoms with Crippen molar-refractivity contribution in [1.82, 2.24) is 5.43 Å². The second-order valence-corrected chi connectivity index (χ2v) is 4.35. The maximum atomic E-state index is 13.1. The first-order valence-electron chi connectivity index (χ1n) is 5.56. The maximum absolute atomic E-state index is 13.1. The maximum Gasteiger partial charge on any atom is 0.123 e. The fraction of sp³-hybridized carbons (Fsp3) is 0.500. The highest BCUT2D eigenvalue weighted by Gasteiger charge is 2.10. The van der Waals surface area contributed by atoms with Gasteiger partial charge in [-0.3, -0.25) is 11.3 Å². The summed E-state index contributed by atoms with van der Waals surface area (Å²) < 4.78 is 18.1. The lowest BCUT2D eigenvalue weighted by atomic mass is 10.0. The summed E-state index contributed by atoms with van der Waals surface area (Å²) in [6.07, 6.45) is 2.37. The van der Waals surface area contributed by atoms with Crippen molar-refractivity contribution in [3.05, 3.63) is 34.6 Å². The zero-order valence-electron chi connectivity index (χ0n) is 9.88. The molecular weight excluding hydrogens is 243 g/mol. The topological polar surface area (TPSA) is 47.3 Å². The van der Waals surface area contributed by atoms with Crippen molar-refractivity contribution in [1.29, 1.82) is 0 Å². The average molecular weight is 261 g/mol. The monoisotopic (exact) mass is 260 g/mol. The zero-order chi connectivity index (χ0) is 12.7. The molecule has 0 radical (unpaired) electrons. The lowest BCUT2D eigenvalue weighted by molar-refractivity contribution is 0.188. The molecule has 1 aromatic rings. The molecule has 1 rings (SSSR count). The third-order valence-electron chi connectivity index (χ3n) is 2.61. The molecule has 0 heterocycles. The van der Waals surface area contributed by atoms with Gasteiger partial charge in [-0.1, -0.05) is 11.6 Å². The quantitative estimate of drug-likeness (QED) is 0.449. The first-order chi connectivity index (χ1) is 8.17. The van der Waals surface area contributed by atoms with Gasteiger partial charge in [-0.05, 0) is 43.0 Å². The Balaban J connectivity index is 2.57. The molecule has 96 valence electrons. The Morgan fingerprint density at radius 3 is 2.94 bits per heavy atom. The van der Waals surface area contributed by atoms with Gasteiger partial charge in [-0.15, -0.1) is 0 Å². The fourth-order valence-electron chi connectivity index (χ4n) is 1.68. The molecule has 0 bridgehead atoms. The number of nitrogens with two attached hydrogens (primary N) is 1. The van der Waals surface area contributed by atoms with E-state index >= 15 is 0 Å². The number of ether oxygens (including phenoxy) is 1. The summed E-state index contributed by atoms with van der Waals surface area (Å²) in [5, 5.41) is 0.568. The van der Waals surface area contributed by atoms with Crippen molar-refractivity contribution in [2.75, 3.05) is 13.7 Å². The van der Waals surface area contributed by atoms with Crippen molar-refractivity contribution in [2.24, 2.45) is 5.84 Å². The number of hydrogen-bond acceptors (Lipinski definition) is 3. The van der Waals surface area contributed by atoms with Crippen LogP contribution in [0, 0.1) is 5.82 Å². The van der Waals surface area contributed by atoms with Gasteiger partial charge in [-0.25, -0.2) is 4.39 Å². The van der Waals surface area contributed by atoms with E-state index in [2.05, 4.69) is 5.43 Å². The lowest BCUT2D eigenvalue weighted by Gasteiger charge is -2.16. The van der Waals surface area contributed by atoms with Crippen LogP contribution >= 0.6 is 11.6 Å². The molecule has 3 N–H and O–H groups in total. The van der Waals surface area contributed by atoms with Gasteiger partial charge in [0.05, 0.1) is 0 Å². The van der Waals surface area contributed by atoms with Crippen molar-refractivity contribution >= 4 is 11.6 Å². The average Bonchev–Trinajstić information content (AvgIpc) is 2.32. The molecule has 1 atom stereocenters. The van der Waals surface area contributed by atoms with Crippen LogP contribution in [0.1, 0.15) is 18.4 Å². The normalized spacial score (nSPS) is 12.7. The Morgan fingerprint density at radius 2 is 2.29 bits per heavy atom. The number of hydrogen-bond donors (Lipinski definition) is 2. The number of hydrazine groups is 1. The summed E-state index contributed by atoms with van der Waals surface area (Å²) >= 11 is 6.00. The van der Waals surface area contributed by atoms with Gasteiger partial charge in [0.15, 0.2) is 0 Å². The molecule has 5 heteroatoms. The zero-order valence-corrected chi connectivity index (χ0v) is 10.6. The molecule has 1 unspecified atom stereocenters. The standard InChI is InChI=1S/C12H18ClFN2O/c1-17-6-2-3-11(16-15)8-9-7-10(14)4-5-12(9)13/h4-5,7,11,16H,2-3,6,8,15H2,1H3. The van der Waals surface area contributed by atoms with Gasteiger partial charge in [0.25, 0.3) is 0 Å². The molecule has 0 aliphatic heterocycles. The Bertz CT molecular complexity index is 349. The van der Waals surface area contributed by atoms with Crippen LogP contribution in [0.25, 0.3) is 0 Å². The van der Waals surface area contributed by atoms with Gasteiger partial charge < -0.3 is 4.74 Å². The summed E-state index contributed by atoms with van der Waals surface area (Å²) in [5.74, 6) is 5.18. The summed E-state index contributed by atoms with van der Waals surface area (Å²) in [5.41, 5.74) is 3.49. The van der Waals surface area contributed by atoms with Gasteiger partial charge in [0.2, 0.25) is 0 Å². The Hall–Kier alpha value is -0.680. The fourth-order valence-corrected chi connectivity index (χ4v) is 1.88. The van der Waals surface area contributed by atoms with E-state index in [9.17, 15) is 4.39 Å². The summed E-state index contributed by atoms with van der Waals surface area (Å²) in [6.45, 7) is 0.690. The van der Waals surface area contributed by atoms with E-state index < -0.39 is 0 Å². The van der Waals surface area contributed by atoms with Gasteiger partial charge in [-0.2, -0.15) is 0 Å². The smallest absolute Gasteiger partial charge is 0.123 e. The van der Waals surface area contributed by atoms with Crippen LogP contribution in [0.4, 0.5) is 4.39 Å². The molecule has 0 amide bonds. The van der Waals surface area contributed by atoms with Gasteiger partial charge in [0.1, 0.15) is 5.82 Å². The molecule has 0 spiro atoms. The molecule has 0 saturated carbocycles. The summed E-state index contributed by atoms with van der Waals surface area (Å²) in [7, 11) is 1.66. The van der Waals surface area contributed by atoms with Crippen LogP contribution in [0.5, 0.6) is 0 Å². The number of rotatable bonds is 7. The minimum absolute atomic E-state index is 0.0736. The van der Waals surface area contributed by atoms with E-state index in [1.165, 1.54) is 12.1 Å². The van der Waals surface area contributed by atoms with Crippen LogP contribution < -0.4 is 11.3 Å². The van der Waals surface area contributed by atoms with Gasteiger partial charge >= 0.3 is 0 Å². The van der Waals surface area contributed by atoms with E-state index in [4.69, 9.17) is 22.2 Å². The minimum Gasteiger partial charge on any atom is -0.385 e. The molecule has 0 saturated heterocycles. The number of methoxy groups -OCH3 is 1. The minimum atomic E-state index is -0.280. The predicted octanol–water partition coefficient (Wildman–Crippen LogP) is 2.28. The number of halogens is 2. The molecular formula is C12H18ClFN2O. The number of benzene rings is 1. The molecule has 3 nitrogen and oxygen atoms in total. The number of nitrogens with one attached hydrogen (secondary N) is 1. The molecule has 0 aromatic heterocycles. The van der Waals surface area contributed by atoms with E-state index in [1.54, 1.807) is 13.2 Å². The Labute approximate surface area is 106 Å². The van der Waals surface area contributed by atoms with E-state index in [-0.39, 0.29) is 11.9 Å². The third kappa shape index (κ3) is 5.00. The summed E-state index contributed by atoms with van der Waals surface area (Å²) in [6, 6.07) is 4.43. The first kappa shape index (κ1) is 14.4. The molecule has 0 aliphatic carbocycles. The Morgan fingerprint density at radius 1 is 1.53 bits per heavy atom. The molecule has 17 heavy (non-hydrogen) atoms. The SMILES string of the molecule is COCCCC(Cc1cc(F)ccc1Cl)NN. The lowest BCUT2D eigenvalue weighted by Crippen LogP contribution is -2.37. The molecule has 1 aromatic carbocycles. The molecule has 0 aliphatic rings. The molecule has 0 fully saturated rings. The summed E-state index contributed by atoms with van der Waals surface area (Å²) in [4.78, 5) is 0. The van der Waals surface area contributed by atoms with Crippen molar-refractivity contribution in [3.8, 4) is 0 Å². The van der Waals surface area contributed by atoms with E-state index in [0.717, 1.165) is 18.4 Å². The van der Waals surface area contributed by atoms with Crippen molar-refractivity contribution in [2.45, 2.75) is 25.3 Å². The largest absolute Gasteiger partial charge is 0.385 e. The van der Waals surface area contributed by atoms with Gasteiger partial charge in [0, 0.05) is 24.8 Å². The van der Waals surface area contributed by atoms with E-state index in [0.29, 0.717) is 18.1 Å². The Kier molecular flexibility index (Phi) is 6.44. The van der Waals surface area contributed by atoms with Crippen LogP contribution in [-0.2, 0) is 11.2 Å². The highest BCUT2D eigenvalue weighted by molar-refractivity contribution is 6.31. The van der Waals surface area contributed by atoms with Crippen LogP contribution in [-0.4, -0.2) is 19.8 Å². The van der Waals surface area contributed by atoms with Crippen LogP contribution in [0.3, 0.4) is 0 Å². The van der Waals surface area contributed by atoms with E-state index in [1.807, 2.05) is 0 Å². The van der Waals surface area contributed by atoms with Crippen LogP contribution in [0.2, 0.25) is 5.02 Å². The van der Waals surface area contributed by atoms with Crippen molar-refractivity contribution in [3.63, 3.8) is 0 Å². The van der Waals surface area contributed by atoms with Crippen LogP contribution in [0.15, 0.2) is 18.2 Å². The highest BCUT2D eigenvalue weighted by atomic mass is 35.5. The van der Waals surface area contributed by atoms with Crippen molar-refractivity contribution < 1.29 is 9.13 Å². The third-order valence-corrected chi connectivity index (χ3v) is 2.98.